The number of aliphatic hydroxyl groups is 1. The van der Waals surface area contributed by atoms with E-state index < -0.39 is 0 Å². The lowest BCUT2D eigenvalue weighted by atomic mass is 10.1. The summed E-state index contributed by atoms with van der Waals surface area (Å²) >= 11 is 0. The molecule has 7 heteroatoms. The lowest BCUT2D eigenvalue weighted by molar-refractivity contribution is 0.276. The van der Waals surface area contributed by atoms with Crippen LogP contribution in [0.25, 0.3) is 28.0 Å². The molecule has 28 heavy (non-hydrogen) atoms. The number of fused-ring (bicyclic) bond motifs is 1. The van der Waals surface area contributed by atoms with Gasteiger partial charge < -0.3 is 10.8 Å². The van der Waals surface area contributed by atoms with Crippen molar-refractivity contribution < 1.29 is 9.50 Å². The molecule has 3 N–H and O–H groups in total. The van der Waals surface area contributed by atoms with Gasteiger partial charge in [0.2, 0.25) is 0 Å². The second kappa shape index (κ2) is 7.46. The van der Waals surface area contributed by atoms with Crippen LogP contribution >= 0.6 is 0 Å². The molecule has 0 aliphatic carbocycles. The van der Waals surface area contributed by atoms with Crippen LogP contribution in [0, 0.1) is 5.82 Å². The van der Waals surface area contributed by atoms with E-state index in [1.165, 1.54) is 12.3 Å². The van der Waals surface area contributed by atoms with E-state index in [0.29, 0.717) is 33.7 Å². The van der Waals surface area contributed by atoms with Crippen LogP contribution in [-0.4, -0.2) is 24.9 Å². The van der Waals surface area contributed by atoms with Gasteiger partial charge in [-0.05, 0) is 42.8 Å². The van der Waals surface area contributed by atoms with Crippen LogP contribution in [0.4, 0.5) is 4.39 Å². The van der Waals surface area contributed by atoms with Crippen molar-refractivity contribution in [3.05, 3.63) is 71.9 Å². The number of pyridine rings is 2. The van der Waals surface area contributed by atoms with E-state index in [1.54, 1.807) is 22.9 Å². The van der Waals surface area contributed by atoms with Crippen LogP contribution < -0.4 is 5.73 Å². The SMILES string of the molecule is CCC(N)c1cccc(-c2cc(F)c3cnn(-c4cccc(CO)n4)c3c2)n1. The average molecular weight is 377 g/mol. The number of nitrogens with zero attached hydrogens (tertiary/aromatic N) is 4. The normalized spacial score (nSPS) is 12.4. The predicted octanol–water partition coefficient (Wildman–Crippen LogP) is 3.52. The van der Waals surface area contributed by atoms with Gasteiger partial charge in [-0.2, -0.15) is 5.10 Å². The van der Waals surface area contributed by atoms with Gasteiger partial charge in [-0.25, -0.2) is 14.1 Å². The number of halogens is 1. The number of hydrogen-bond acceptors (Lipinski definition) is 5. The molecule has 0 aliphatic heterocycles. The lowest BCUT2D eigenvalue weighted by Crippen LogP contribution is -2.10. The molecule has 0 radical (unpaired) electrons. The van der Waals surface area contributed by atoms with E-state index >= 15 is 0 Å². The maximum absolute atomic E-state index is 14.8. The maximum atomic E-state index is 14.8. The van der Waals surface area contributed by atoms with Crippen LogP contribution in [0.3, 0.4) is 0 Å². The van der Waals surface area contributed by atoms with Gasteiger partial charge in [0.05, 0.1) is 40.8 Å². The van der Waals surface area contributed by atoms with E-state index in [-0.39, 0.29) is 18.5 Å². The third-order valence-electron chi connectivity index (χ3n) is 4.70. The summed E-state index contributed by atoms with van der Waals surface area (Å²) in [6.45, 7) is 1.82. The van der Waals surface area contributed by atoms with Crippen molar-refractivity contribution in [1.29, 1.82) is 0 Å². The predicted molar refractivity (Wildman–Crippen MR) is 105 cm³/mol. The second-order valence-corrected chi connectivity index (χ2v) is 6.55. The molecule has 0 bridgehead atoms. The molecule has 0 saturated carbocycles. The minimum Gasteiger partial charge on any atom is -0.390 e. The van der Waals surface area contributed by atoms with Crippen LogP contribution in [-0.2, 0) is 6.61 Å². The van der Waals surface area contributed by atoms with Crippen molar-refractivity contribution in [3.63, 3.8) is 0 Å². The highest BCUT2D eigenvalue weighted by atomic mass is 19.1. The first-order valence-electron chi connectivity index (χ1n) is 9.08. The van der Waals surface area contributed by atoms with E-state index in [2.05, 4.69) is 15.1 Å². The zero-order chi connectivity index (χ0) is 19.7. The van der Waals surface area contributed by atoms with Crippen molar-refractivity contribution in [2.45, 2.75) is 26.0 Å². The van der Waals surface area contributed by atoms with E-state index in [1.807, 2.05) is 31.2 Å². The minimum atomic E-state index is -0.385. The van der Waals surface area contributed by atoms with Crippen molar-refractivity contribution >= 4 is 10.9 Å². The molecule has 0 aliphatic rings. The molecule has 0 spiro atoms. The Balaban J connectivity index is 1.86. The highest BCUT2D eigenvalue weighted by molar-refractivity contribution is 5.85. The Morgan fingerprint density at radius 2 is 1.96 bits per heavy atom. The van der Waals surface area contributed by atoms with Crippen LogP contribution in [0.5, 0.6) is 0 Å². The minimum absolute atomic E-state index is 0.163. The smallest absolute Gasteiger partial charge is 0.154 e. The fraction of sp³-hybridized carbons (Fsp3) is 0.190. The molecule has 1 unspecified atom stereocenters. The first-order chi connectivity index (χ1) is 13.6. The summed E-state index contributed by atoms with van der Waals surface area (Å²) in [5.41, 5.74) is 9.23. The van der Waals surface area contributed by atoms with Gasteiger partial charge in [0.15, 0.2) is 5.82 Å². The van der Waals surface area contributed by atoms with Crippen molar-refractivity contribution in [1.82, 2.24) is 19.7 Å². The summed E-state index contributed by atoms with van der Waals surface area (Å²) in [4.78, 5) is 8.97. The zero-order valence-corrected chi connectivity index (χ0v) is 15.4. The van der Waals surface area contributed by atoms with Crippen LogP contribution in [0.2, 0.25) is 0 Å². The number of aliphatic hydroxyl groups excluding tert-OH is 1. The van der Waals surface area contributed by atoms with Gasteiger partial charge >= 0.3 is 0 Å². The molecular formula is C21H20FN5O. The molecule has 3 aromatic heterocycles. The second-order valence-electron chi connectivity index (χ2n) is 6.55. The monoisotopic (exact) mass is 377 g/mol. The van der Waals surface area contributed by atoms with Gasteiger partial charge in [0, 0.05) is 11.6 Å². The maximum Gasteiger partial charge on any atom is 0.154 e. The molecule has 6 nitrogen and oxygen atoms in total. The Hall–Kier alpha value is -3.16. The van der Waals surface area contributed by atoms with Gasteiger partial charge in [-0.15, -0.1) is 0 Å². The molecular weight excluding hydrogens is 357 g/mol. The summed E-state index contributed by atoms with van der Waals surface area (Å²) in [5, 5.41) is 14.0. The topological polar surface area (TPSA) is 89.8 Å². The molecule has 4 aromatic rings. The number of rotatable bonds is 5. The first-order valence-corrected chi connectivity index (χ1v) is 9.08. The van der Waals surface area contributed by atoms with E-state index in [9.17, 15) is 9.50 Å². The largest absolute Gasteiger partial charge is 0.390 e. The van der Waals surface area contributed by atoms with Crippen LogP contribution in [0.15, 0.2) is 54.7 Å². The highest BCUT2D eigenvalue weighted by Crippen LogP contribution is 2.28. The number of benzene rings is 1. The van der Waals surface area contributed by atoms with E-state index in [4.69, 9.17) is 5.73 Å². The van der Waals surface area contributed by atoms with Gasteiger partial charge in [-0.1, -0.05) is 19.1 Å². The van der Waals surface area contributed by atoms with E-state index in [0.717, 1.165) is 12.1 Å². The Kier molecular flexibility index (Phi) is 4.85. The van der Waals surface area contributed by atoms with Crippen molar-refractivity contribution in [2.24, 2.45) is 5.73 Å². The number of nitrogens with two attached hydrogens (primary N) is 1. The molecule has 0 amide bonds. The molecule has 142 valence electrons. The quantitative estimate of drug-likeness (QED) is 0.555. The molecule has 1 aromatic carbocycles. The summed E-state index contributed by atoms with van der Waals surface area (Å²) in [6, 6.07) is 14.0. The van der Waals surface area contributed by atoms with Gasteiger partial charge in [0.1, 0.15) is 5.82 Å². The highest BCUT2D eigenvalue weighted by Gasteiger charge is 2.14. The summed E-state index contributed by atoms with van der Waals surface area (Å²) in [5.74, 6) is 0.122. The summed E-state index contributed by atoms with van der Waals surface area (Å²) < 4.78 is 16.3. The zero-order valence-electron chi connectivity index (χ0n) is 15.4. The fourth-order valence-electron chi connectivity index (χ4n) is 3.12. The fourth-order valence-corrected chi connectivity index (χ4v) is 3.12. The third-order valence-corrected chi connectivity index (χ3v) is 4.70. The Bertz CT molecular complexity index is 1140. The average Bonchev–Trinajstić information content (AvgIpc) is 3.18. The third kappa shape index (κ3) is 3.26. The van der Waals surface area contributed by atoms with Gasteiger partial charge in [-0.3, -0.25) is 4.98 Å². The molecule has 3 heterocycles. The molecule has 1 atom stereocenters. The Morgan fingerprint density at radius 3 is 2.75 bits per heavy atom. The van der Waals surface area contributed by atoms with Gasteiger partial charge in [0.25, 0.3) is 0 Å². The molecule has 0 fully saturated rings. The Morgan fingerprint density at radius 1 is 1.14 bits per heavy atom. The molecule has 0 saturated heterocycles. The number of aromatic nitrogens is 4. The Labute approximate surface area is 161 Å². The van der Waals surface area contributed by atoms with Crippen molar-refractivity contribution in [3.8, 4) is 17.1 Å². The lowest BCUT2D eigenvalue weighted by Gasteiger charge is -2.11. The molecule has 4 rings (SSSR count). The standard InChI is InChI=1S/C21H20FN5O/c1-2-17(23)19-7-4-6-18(26-19)13-9-16(22)15-11-24-27(20(15)10-13)21-8-3-5-14(12-28)25-21/h3-11,17,28H,2,12,23H2,1H3. The summed E-state index contributed by atoms with van der Waals surface area (Å²) in [7, 11) is 0. The first kappa shape index (κ1) is 18.2. The number of hydrogen-bond donors (Lipinski definition) is 2. The van der Waals surface area contributed by atoms with Crippen LogP contribution in [0.1, 0.15) is 30.8 Å². The summed E-state index contributed by atoms with van der Waals surface area (Å²) in [6.07, 6.45) is 2.24. The van der Waals surface area contributed by atoms with Crippen molar-refractivity contribution in [2.75, 3.05) is 0 Å².